The van der Waals surface area contributed by atoms with Gasteiger partial charge < -0.3 is 9.84 Å². The molecule has 2 heterocycles. The average Bonchev–Trinajstić information content (AvgIpc) is 3.13. The van der Waals surface area contributed by atoms with Gasteiger partial charge in [-0.2, -0.15) is 0 Å². The number of rotatable bonds is 4. The molecule has 0 aliphatic rings. The van der Waals surface area contributed by atoms with Crippen molar-refractivity contribution in [2.75, 3.05) is 5.32 Å². The van der Waals surface area contributed by atoms with Crippen LogP contribution in [0.1, 0.15) is 11.3 Å². The Balaban J connectivity index is 1.65. The normalized spacial score (nSPS) is 10.6. The van der Waals surface area contributed by atoms with Crippen LogP contribution in [0.4, 0.5) is 10.1 Å². The van der Waals surface area contributed by atoms with Gasteiger partial charge in [-0.1, -0.05) is 17.3 Å². The maximum absolute atomic E-state index is 13.4. The highest BCUT2D eigenvalue weighted by Crippen LogP contribution is 2.25. The molecule has 3 rings (SSSR count). The molecule has 6 heteroatoms. The average molecular weight is 316 g/mol. The van der Waals surface area contributed by atoms with Crippen LogP contribution < -0.4 is 5.32 Å². The highest BCUT2D eigenvalue weighted by Gasteiger charge is 2.12. The molecule has 0 aliphatic carbocycles. The summed E-state index contributed by atoms with van der Waals surface area (Å²) in [6.07, 6.45) is 0.0738. The van der Waals surface area contributed by atoms with Crippen LogP contribution in [0.3, 0.4) is 0 Å². The lowest BCUT2D eigenvalue weighted by Gasteiger charge is -2.05. The highest BCUT2D eigenvalue weighted by atomic mass is 32.1. The van der Waals surface area contributed by atoms with Gasteiger partial charge in [-0.15, -0.1) is 11.3 Å². The summed E-state index contributed by atoms with van der Waals surface area (Å²) in [5.41, 5.74) is 1.50. The van der Waals surface area contributed by atoms with Gasteiger partial charge in [0.25, 0.3) is 0 Å². The Morgan fingerprint density at radius 2 is 2.23 bits per heavy atom. The number of amides is 1. The van der Waals surface area contributed by atoms with Crippen molar-refractivity contribution in [2.45, 2.75) is 13.3 Å². The molecule has 1 aromatic carbocycles. The second kappa shape index (κ2) is 6.11. The molecular formula is C16H13FN2O2S. The van der Waals surface area contributed by atoms with E-state index in [2.05, 4.69) is 10.5 Å². The fourth-order valence-corrected chi connectivity index (χ4v) is 2.64. The first-order valence-electron chi connectivity index (χ1n) is 6.67. The number of benzene rings is 1. The maximum Gasteiger partial charge on any atom is 0.230 e. The van der Waals surface area contributed by atoms with Crippen LogP contribution in [0.15, 0.2) is 46.3 Å². The van der Waals surface area contributed by atoms with Crippen LogP contribution >= 0.6 is 11.3 Å². The van der Waals surface area contributed by atoms with Crippen molar-refractivity contribution in [1.29, 1.82) is 0 Å². The van der Waals surface area contributed by atoms with E-state index in [0.29, 0.717) is 22.7 Å². The van der Waals surface area contributed by atoms with Gasteiger partial charge in [0.1, 0.15) is 5.82 Å². The molecule has 0 unspecified atom stereocenters. The molecule has 0 saturated carbocycles. The molecule has 0 saturated heterocycles. The summed E-state index contributed by atoms with van der Waals surface area (Å²) in [6.45, 7) is 1.67. The van der Waals surface area contributed by atoms with Gasteiger partial charge in [0, 0.05) is 11.8 Å². The van der Waals surface area contributed by atoms with Gasteiger partial charge in [0.05, 0.1) is 17.0 Å². The Hall–Kier alpha value is -2.47. The molecule has 3 aromatic rings. The molecule has 1 N–H and O–H groups in total. The zero-order chi connectivity index (χ0) is 15.5. The Morgan fingerprint density at radius 1 is 1.36 bits per heavy atom. The fourth-order valence-electron chi connectivity index (χ4n) is 1.97. The standard InChI is InChI=1S/C16H13FN2O2S/c1-10-4-5-11(7-13(10)17)18-16(20)9-12-8-14(21-19-12)15-3-2-6-22-15/h2-8H,9H2,1H3,(H,18,20). The topological polar surface area (TPSA) is 55.1 Å². The number of nitrogens with zero attached hydrogens (tertiary/aromatic N) is 1. The first-order valence-corrected chi connectivity index (χ1v) is 7.55. The molecule has 1 amide bonds. The van der Waals surface area contributed by atoms with Crippen LogP contribution in [-0.4, -0.2) is 11.1 Å². The summed E-state index contributed by atoms with van der Waals surface area (Å²) in [4.78, 5) is 12.9. The van der Waals surface area contributed by atoms with Crippen LogP contribution in [0, 0.1) is 12.7 Å². The lowest BCUT2D eigenvalue weighted by Crippen LogP contribution is -2.14. The quantitative estimate of drug-likeness (QED) is 0.790. The Labute approximate surface area is 130 Å². The second-order valence-corrected chi connectivity index (χ2v) is 5.80. The summed E-state index contributed by atoms with van der Waals surface area (Å²) in [7, 11) is 0. The van der Waals surface area contributed by atoms with E-state index in [1.54, 1.807) is 25.1 Å². The predicted molar refractivity (Wildman–Crippen MR) is 83.3 cm³/mol. The Kier molecular flexibility index (Phi) is 4.02. The van der Waals surface area contributed by atoms with Crippen molar-refractivity contribution in [3.63, 3.8) is 0 Å². The van der Waals surface area contributed by atoms with E-state index in [1.807, 2.05) is 17.5 Å². The van der Waals surface area contributed by atoms with E-state index >= 15 is 0 Å². The number of carbonyl (C=O) groups excluding carboxylic acids is 1. The van der Waals surface area contributed by atoms with Gasteiger partial charge >= 0.3 is 0 Å². The zero-order valence-corrected chi connectivity index (χ0v) is 12.6. The summed E-state index contributed by atoms with van der Waals surface area (Å²) < 4.78 is 18.7. The third-order valence-electron chi connectivity index (χ3n) is 3.12. The molecule has 2 aromatic heterocycles. The predicted octanol–water partition coefficient (Wildman–Crippen LogP) is 4.03. The van der Waals surface area contributed by atoms with Gasteiger partial charge in [-0.25, -0.2) is 4.39 Å². The van der Waals surface area contributed by atoms with Gasteiger partial charge in [0.15, 0.2) is 5.76 Å². The molecule has 0 bridgehead atoms. The van der Waals surface area contributed by atoms with E-state index < -0.39 is 0 Å². The number of hydrogen-bond donors (Lipinski definition) is 1. The van der Waals surface area contributed by atoms with Crippen molar-refractivity contribution >= 4 is 22.9 Å². The van der Waals surface area contributed by atoms with Crippen LogP contribution in [0.5, 0.6) is 0 Å². The SMILES string of the molecule is Cc1ccc(NC(=O)Cc2cc(-c3cccs3)on2)cc1F. The van der Waals surface area contributed by atoms with E-state index in [4.69, 9.17) is 4.52 Å². The summed E-state index contributed by atoms with van der Waals surface area (Å²) >= 11 is 1.54. The zero-order valence-electron chi connectivity index (χ0n) is 11.8. The first kappa shape index (κ1) is 14.5. The number of aryl methyl sites for hydroxylation is 1. The lowest BCUT2D eigenvalue weighted by atomic mass is 10.2. The minimum atomic E-state index is -0.348. The van der Waals surface area contributed by atoms with Crippen LogP contribution in [0.2, 0.25) is 0 Å². The molecule has 0 atom stereocenters. The first-order chi connectivity index (χ1) is 10.6. The summed E-state index contributed by atoms with van der Waals surface area (Å²) in [5, 5.41) is 8.47. The third kappa shape index (κ3) is 3.23. The molecule has 0 aliphatic heterocycles. The Morgan fingerprint density at radius 3 is 2.95 bits per heavy atom. The molecular weight excluding hydrogens is 303 g/mol. The molecule has 112 valence electrons. The van der Waals surface area contributed by atoms with E-state index in [-0.39, 0.29) is 18.1 Å². The number of hydrogen-bond acceptors (Lipinski definition) is 4. The summed E-state index contributed by atoms with van der Waals surface area (Å²) in [6, 6.07) is 10.2. The smallest absolute Gasteiger partial charge is 0.230 e. The minimum Gasteiger partial charge on any atom is -0.355 e. The molecule has 4 nitrogen and oxygen atoms in total. The Bertz CT molecular complexity index is 796. The second-order valence-electron chi connectivity index (χ2n) is 4.85. The molecule has 0 fully saturated rings. The van der Waals surface area contributed by atoms with Crippen molar-refractivity contribution in [1.82, 2.24) is 5.16 Å². The van der Waals surface area contributed by atoms with Crippen LogP contribution in [-0.2, 0) is 11.2 Å². The number of carbonyl (C=O) groups is 1. The van der Waals surface area contributed by atoms with Crippen LogP contribution in [0.25, 0.3) is 10.6 Å². The maximum atomic E-state index is 13.4. The minimum absolute atomic E-state index is 0.0738. The largest absolute Gasteiger partial charge is 0.355 e. The van der Waals surface area contributed by atoms with E-state index in [1.165, 1.54) is 17.4 Å². The number of nitrogens with one attached hydrogen (secondary N) is 1. The highest BCUT2D eigenvalue weighted by molar-refractivity contribution is 7.13. The van der Waals surface area contributed by atoms with E-state index in [9.17, 15) is 9.18 Å². The number of halogens is 1. The van der Waals surface area contributed by atoms with Crippen molar-refractivity contribution in [2.24, 2.45) is 0 Å². The third-order valence-corrected chi connectivity index (χ3v) is 4.00. The number of anilines is 1. The van der Waals surface area contributed by atoms with E-state index in [0.717, 1.165) is 4.88 Å². The fraction of sp³-hybridized carbons (Fsp3) is 0.125. The molecule has 22 heavy (non-hydrogen) atoms. The van der Waals surface area contributed by atoms with Crippen molar-refractivity contribution in [3.05, 3.63) is 58.9 Å². The van der Waals surface area contributed by atoms with Crippen molar-refractivity contribution in [3.8, 4) is 10.6 Å². The monoisotopic (exact) mass is 316 g/mol. The van der Waals surface area contributed by atoms with Gasteiger partial charge in [0.2, 0.25) is 5.91 Å². The van der Waals surface area contributed by atoms with Gasteiger partial charge in [-0.05, 0) is 36.1 Å². The molecule has 0 spiro atoms. The molecule has 0 radical (unpaired) electrons. The van der Waals surface area contributed by atoms with Crippen molar-refractivity contribution < 1.29 is 13.7 Å². The van der Waals surface area contributed by atoms with Gasteiger partial charge in [-0.3, -0.25) is 4.79 Å². The lowest BCUT2D eigenvalue weighted by molar-refractivity contribution is -0.115. The number of thiophene rings is 1. The summed E-state index contributed by atoms with van der Waals surface area (Å²) in [5.74, 6) is 0.0210. The number of aromatic nitrogens is 1.